The minimum atomic E-state index is -0.917. The maximum Gasteiger partial charge on any atom is 0.305 e. The normalized spacial score (nSPS) is 19.0. The molecule has 3 unspecified atom stereocenters. The molecule has 0 spiro atoms. The first-order chi connectivity index (χ1) is 12.3. The smallest absolute Gasteiger partial charge is 0.305 e. The molecule has 3 atom stereocenters. The molecule has 2 amide bonds. The van der Waals surface area contributed by atoms with E-state index in [2.05, 4.69) is 5.32 Å². The van der Waals surface area contributed by atoms with Crippen LogP contribution in [-0.2, 0) is 9.59 Å². The first-order valence-electron chi connectivity index (χ1n) is 8.92. The Balaban J connectivity index is 2.15. The molecule has 7 heteroatoms. The fourth-order valence-electron chi connectivity index (χ4n) is 3.23. The molecule has 0 aliphatic carbocycles. The van der Waals surface area contributed by atoms with E-state index in [4.69, 9.17) is 16.7 Å². The zero-order valence-electron chi connectivity index (χ0n) is 15.1. The molecule has 142 valence electrons. The van der Waals surface area contributed by atoms with Crippen LogP contribution in [0.25, 0.3) is 0 Å². The second kappa shape index (κ2) is 9.03. The second-order valence-corrected chi connectivity index (χ2v) is 7.21. The van der Waals surface area contributed by atoms with E-state index in [0.717, 1.165) is 12.8 Å². The average molecular weight is 381 g/mol. The average Bonchev–Trinajstić information content (AvgIpc) is 3.06. The number of hydrogen-bond acceptors (Lipinski definition) is 3. The number of nitrogens with zero attached hydrogens (tertiary/aromatic N) is 1. The van der Waals surface area contributed by atoms with Gasteiger partial charge in [-0.25, -0.2) is 0 Å². The summed E-state index contributed by atoms with van der Waals surface area (Å²) in [7, 11) is 0. The number of rotatable bonds is 7. The Kier molecular flexibility index (Phi) is 7.03. The van der Waals surface area contributed by atoms with E-state index in [1.165, 1.54) is 0 Å². The number of halogens is 1. The Labute approximate surface area is 158 Å². The summed E-state index contributed by atoms with van der Waals surface area (Å²) in [5.41, 5.74) is 0.430. The highest BCUT2D eigenvalue weighted by Gasteiger charge is 2.36. The molecular weight excluding hydrogens is 356 g/mol. The molecule has 0 radical (unpaired) electrons. The lowest BCUT2D eigenvalue weighted by atomic mass is 9.96. The van der Waals surface area contributed by atoms with Crippen molar-refractivity contribution in [1.82, 2.24) is 10.2 Å². The van der Waals surface area contributed by atoms with Crippen molar-refractivity contribution < 1.29 is 19.5 Å². The van der Waals surface area contributed by atoms with E-state index in [-0.39, 0.29) is 30.2 Å². The van der Waals surface area contributed by atoms with Crippen molar-refractivity contribution in [1.29, 1.82) is 0 Å². The topological polar surface area (TPSA) is 86.7 Å². The van der Waals surface area contributed by atoms with Crippen molar-refractivity contribution in [3.05, 3.63) is 34.9 Å². The van der Waals surface area contributed by atoms with E-state index in [9.17, 15) is 14.4 Å². The number of carbonyl (C=O) groups excluding carboxylic acids is 2. The predicted octanol–water partition coefficient (Wildman–Crippen LogP) is 2.95. The van der Waals surface area contributed by atoms with Crippen molar-refractivity contribution in [2.45, 2.75) is 51.6 Å². The molecule has 1 aromatic rings. The van der Waals surface area contributed by atoms with Crippen LogP contribution in [0.1, 0.15) is 49.9 Å². The van der Waals surface area contributed by atoms with Crippen molar-refractivity contribution in [3.8, 4) is 0 Å². The molecule has 1 aliphatic rings. The van der Waals surface area contributed by atoms with Gasteiger partial charge in [0, 0.05) is 23.2 Å². The molecule has 1 fully saturated rings. The minimum absolute atomic E-state index is 0.0650. The van der Waals surface area contributed by atoms with Gasteiger partial charge in [0.2, 0.25) is 5.91 Å². The summed E-state index contributed by atoms with van der Waals surface area (Å²) in [6, 6.07) is 5.48. The van der Waals surface area contributed by atoms with E-state index in [0.29, 0.717) is 23.6 Å². The van der Waals surface area contributed by atoms with Gasteiger partial charge in [0.15, 0.2) is 0 Å². The van der Waals surface area contributed by atoms with Gasteiger partial charge >= 0.3 is 5.97 Å². The number of amides is 2. The summed E-state index contributed by atoms with van der Waals surface area (Å²) in [6.07, 6.45) is 2.11. The summed E-state index contributed by atoms with van der Waals surface area (Å²) in [6.45, 7) is 4.39. The monoisotopic (exact) mass is 380 g/mol. The van der Waals surface area contributed by atoms with E-state index >= 15 is 0 Å². The quantitative estimate of drug-likeness (QED) is 0.761. The number of benzene rings is 1. The zero-order chi connectivity index (χ0) is 19.3. The van der Waals surface area contributed by atoms with Gasteiger partial charge in [0.1, 0.15) is 6.04 Å². The van der Waals surface area contributed by atoms with Crippen LogP contribution < -0.4 is 5.32 Å². The number of likely N-dealkylation sites (tertiary alicyclic amines) is 1. The van der Waals surface area contributed by atoms with Crippen LogP contribution in [0.3, 0.4) is 0 Å². The van der Waals surface area contributed by atoms with Crippen molar-refractivity contribution >= 4 is 29.4 Å². The third-order valence-corrected chi connectivity index (χ3v) is 5.19. The maximum absolute atomic E-state index is 13.1. The number of carbonyl (C=O) groups is 3. The Morgan fingerprint density at radius 3 is 2.54 bits per heavy atom. The van der Waals surface area contributed by atoms with Crippen LogP contribution in [0.15, 0.2) is 24.3 Å². The predicted molar refractivity (Wildman–Crippen MR) is 99.1 cm³/mol. The summed E-state index contributed by atoms with van der Waals surface area (Å²) < 4.78 is 0. The van der Waals surface area contributed by atoms with Crippen LogP contribution in [-0.4, -0.2) is 46.4 Å². The summed E-state index contributed by atoms with van der Waals surface area (Å²) in [5.74, 6) is -1.52. The maximum atomic E-state index is 13.1. The molecule has 26 heavy (non-hydrogen) atoms. The van der Waals surface area contributed by atoms with E-state index in [1.54, 1.807) is 29.2 Å². The lowest BCUT2D eigenvalue weighted by Gasteiger charge is -2.31. The van der Waals surface area contributed by atoms with Crippen LogP contribution in [0.5, 0.6) is 0 Å². The van der Waals surface area contributed by atoms with Gasteiger partial charge in [-0.05, 0) is 43.0 Å². The molecule has 2 N–H and O–H groups in total. The molecule has 2 rings (SSSR count). The third kappa shape index (κ3) is 4.97. The van der Waals surface area contributed by atoms with Gasteiger partial charge in [-0.3, -0.25) is 14.4 Å². The molecule has 0 saturated carbocycles. The highest BCUT2D eigenvalue weighted by Crippen LogP contribution is 2.23. The molecule has 1 aliphatic heterocycles. The van der Waals surface area contributed by atoms with Crippen LogP contribution in [0, 0.1) is 5.92 Å². The highest BCUT2D eigenvalue weighted by molar-refractivity contribution is 6.30. The molecule has 0 aromatic heterocycles. The number of carboxylic acid groups (broad SMARTS) is 1. The molecule has 1 aromatic carbocycles. The lowest BCUT2D eigenvalue weighted by molar-refractivity contribution is -0.140. The second-order valence-electron chi connectivity index (χ2n) is 6.77. The van der Waals surface area contributed by atoms with Gasteiger partial charge in [0.05, 0.1) is 6.42 Å². The fourth-order valence-corrected chi connectivity index (χ4v) is 3.35. The van der Waals surface area contributed by atoms with E-state index in [1.807, 2.05) is 13.8 Å². The molecule has 1 heterocycles. The Bertz CT molecular complexity index is 662. The Morgan fingerprint density at radius 2 is 1.96 bits per heavy atom. The zero-order valence-corrected chi connectivity index (χ0v) is 15.8. The summed E-state index contributed by atoms with van der Waals surface area (Å²) >= 11 is 5.85. The third-order valence-electron chi connectivity index (χ3n) is 4.94. The number of nitrogens with one attached hydrogen (secondary N) is 1. The lowest BCUT2D eigenvalue weighted by Crippen LogP contribution is -2.53. The fraction of sp³-hybridized carbons (Fsp3) is 0.526. The van der Waals surface area contributed by atoms with Gasteiger partial charge in [-0.1, -0.05) is 31.9 Å². The first kappa shape index (κ1) is 20.2. The Hall–Kier alpha value is -2.08. The van der Waals surface area contributed by atoms with Crippen molar-refractivity contribution in [2.24, 2.45) is 5.92 Å². The molecule has 0 bridgehead atoms. The van der Waals surface area contributed by atoms with Crippen molar-refractivity contribution in [2.75, 3.05) is 6.54 Å². The SMILES string of the molecule is CCC(C)C(NC(=O)c1ccc(Cl)cc1)C(=O)N1CCCC1CC(=O)O. The van der Waals surface area contributed by atoms with Crippen LogP contribution >= 0.6 is 11.6 Å². The molecular formula is C19H25ClN2O4. The first-order valence-corrected chi connectivity index (χ1v) is 9.30. The number of carboxylic acids is 1. The van der Waals surface area contributed by atoms with Gasteiger partial charge in [-0.15, -0.1) is 0 Å². The highest BCUT2D eigenvalue weighted by atomic mass is 35.5. The number of hydrogen-bond donors (Lipinski definition) is 2. The molecule has 6 nitrogen and oxygen atoms in total. The molecule has 1 saturated heterocycles. The van der Waals surface area contributed by atoms with Crippen molar-refractivity contribution in [3.63, 3.8) is 0 Å². The van der Waals surface area contributed by atoms with Gasteiger partial charge < -0.3 is 15.3 Å². The number of aliphatic carboxylic acids is 1. The Morgan fingerprint density at radius 1 is 1.31 bits per heavy atom. The largest absolute Gasteiger partial charge is 0.481 e. The summed E-state index contributed by atoms with van der Waals surface area (Å²) in [4.78, 5) is 38.3. The van der Waals surface area contributed by atoms with Gasteiger partial charge in [-0.2, -0.15) is 0 Å². The van der Waals surface area contributed by atoms with E-state index < -0.39 is 12.0 Å². The summed E-state index contributed by atoms with van der Waals surface area (Å²) in [5, 5.41) is 12.4. The minimum Gasteiger partial charge on any atom is -0.481 e. The van der Waals surface area contributed by atoms with Crippen LogP contribution in [0.2, 0.25) is 5.02 Å². The standard InChI is InChI=1S/C19H25ClN2O4/c1-3-12(2)17(21-18(25)13-6-8-14(20)9-7-13)19(26)22-10-4-5-15(22)11-16(23)24/h6-9,12,15,17H,3-5,10-11H2,1-2H3,(H,21,25)(H,23,24). The van der Waals surface area contributed by atoms with Crippen LogP contribution in [0.4, 0.5) is 0 Å². The van der Waals surface area contributed by atoms with Gasteiger partial charge in [0.25, 0.3) is 5.91 Å².